The van der Waals surface area contributed by atoms with Crippen molar-refractivity contribution in [2.75, 3.05) is 17.7 Å². The minimum atomic E-state index is -0.394. The molecule has 4 rings (SSSR count). The molecule has 1 aromatic heterocycles. The summed E-state index contributed by atoms with van der Waals surface area (Å²) >= 11 is 5.87. The number of furan rings is 1. The number of benzene rings is 3. The molecule has 1 heterocycles. The zero-order valence-electron chi connectivity index (χ0n) is 16.6. The third-order valence-corrected chi connectivity index (χ3v) is 4.91. The normalized spacial score (nSPS) is 10.6. The number of rotatable bonds is 6. The topological polar surface area (TPSA) is 80.6 Å². The van der Waals surface area contributed by atoms with Crippen LogP contribution in [0.25, 0.3) is 11.0 Å². The average molecular weight is 435 g/mol. The molecule has 7 heteroatoms. The molecule has 0 saturated carbocycles. The van der Waals surface area contributed by atoms with Gasteiger partial charge in [-0.2, -0.15) is 0 Å². The Hall–Kier alpha value is -3.77. The first kappa shape index (κ1) is 20.5. The Morgan fingerprint density at radius 3 is 2.48 bits per heavy atom. The Morgan fingerprint density at radius 2 is 1.74 bits per heavy atom. The van der Waals surface area contributed by atoms with E-state index in [9.17, 15) is 9.59 Å². The van der Waals surface area contributed by atoms with Gasteiger partial charge in [-0.3, -0.25) is 9.59 Å². The molecule has 4 aromatic rings. The van der Waals surface area contributed by atoms with Gasteiger partial charge in [0.05, 0.1) is 19.2 Å². The summed E-state index contributed by atoms with van der Waals surface area (Å²) in [4.78, 5) is 24.9. The molecule has 0 fully saturated rings. The van der Waals surface area contributed by atoms with Gasteiger partial charge >= 0.3 is 0 Å². The summed E-state index contributed by atoms with van der Waals surface area (Å²) in [6.07, 6.45) is 0.212. The fraction of sp³-hybridized carbons (Fsp3) is 0.0833. The Labute approximate surface area is 183 Å². The van der Waals surface area contributed by atoms with Crippen molar-refractivity contribution < 1.29 is 18.7 Å². The molecule has 2 N–H and O–H groups in total. The Balaban J connectivity index is 1.45. The van der Waals surface area contributed by atoms with E-state index in [4.69, 9.17) is 20.8 Å². The quantitative estimate of drug-likeness (QED) is 0.418. The first-order chi connectivity index (χ1) is 15.0. The van der Waals surface area contributed by atoms with E-state index in [0.29, 0.717) is 27.7 Å². The molecule has 0 aliphatic rings. The first-order valence-electron chi connectivity index (χ1n) is 9.54. The highest BCUT2D eigenvalue weighted by Crippen LogP contribution is 2.29. The fourth-order valence-corrected chi connectivity index (χ4v) is 3.27. The van der Waals surface area contributed by atoms with Crippen molar-refractivity contribution in [1.29, 1.82) is 0 Å². The van der Waals surface area contributed by atoms with E-state index in [1.165, 1.54) is 7.11 Å². The SMILES string of the molecule is COc1cc(NC(=O)Cc2ccc(Cl)cc2)ccc1NC(=O)c1cc2ccccc2o1. The van der Waals surface area contributed by atoms with Crippen LogP contribution in [0.5, 0.6) is 5.75 Å². The number of hydrogen-bond donors (Lipinski definition) is 2. The number of ether oxygens (including phenoxy) is 1. The summed E-state index contributed by atoms with van der Waals surface area (Å²) < 4.78 is 11.0. The van der Waals surface area contributed by atoms with Gasteiger partial charge in [0, 0.05) is 22.2 Å². The van der Waals surface area contributed by atoms with Crippen molar-refractivity contribution >= 4 is 45.8 Å². The highest BCUT2D eigenvalue weighted by Gasteiger charge is 2.15. The first-order valence-corrected chi connectivity index (χ1v) is 9.92. The lowest BCUT2D eigenvalue weighted by atomic mass is 10.1. The third-order valence-electron chi connectivity index (χ3n) is 4.66. The van der Waals surface area contributed by atoms with Gasteiger partial charge in [-0.15, -0.1) is 0 Å². The zero-order chi connectivity index (χ0) is 21.8. The van der Waals surface area contributed by atoms with Crippen LogP contribution >= 0.6 is 11.6 Å². The summed E-state index contributed by atoms with van der Waals surface area (Å²) in [7, 11) is 1.49. The van der Waals surface area contributed by atoms with Crippen LogP contribution in [0.3, 0.4) is 0 Å². The van der Waals surface area contributed by atoms with E-state index in [2.05, 4.69) is 10.6 Å². The lowest BCUT2D eigenvalue weighted by Crippen LogP contribution is -2.15. The molecule has 3 aromatic carbocycles. The maximum absolute atomic E-state index is 12.6. The minimum Gasteiger partial charge on any atom is -0.494 e. The largest absolute Gasteiger partial charge is 0.494 e. The molecule has 0 aliphatic heterocycles. The Morgan fingerprint density at radius 1 is 0.968 bits per heavy atom. The molecule has 0 unspecified atom stereocenters. The number of halogens is 1. The number of hydrogen-bond acceptors (Lipinski definition) is 4. The van der Waals surface area contributed by atoms with Crippen molar-refractivity contribution in [2.24, 2.45) is 0 Å². The maximum atomic E-state index is 12.6. The number of nitrogens with one attached hydrogen (secondary N) is 2. The van der Waals surface area contributed by atoms with Crippen LogP contribution in [-0.4, -0.2) is 18.9 Å². The van der Waals surface area contributed by atoms with Gasteiger partial charge in [0.25, 0.3) is 5.91 Å². The van der Waals surface area contributed by atoms with E-state index in [0.717, 1.165) is 10.9 Å². The van der Waals surface area contributed by atoms with Crippen molar-refractivity contribution in [3.05, 3.63) is 89.1 Å². The monoisotopic (exact) mass is 434 g/mol. The molecule has 0 radical (unpaired) electrons. The van der Waals surface area contributed by atoms with Crippen LogP contribution in [-0.2, 0) is 11.2 Å². The second-order valence-corrected chi connectivity index (χ2v) is 7.31. The minimum absolute atomic E-state index is 0.177. The number of para-hydroxylation sites is 1. The second kappa shape index (κ2) is 8.93. The highest BCUT2D eigenvalue weighted by atomic mass is 35.5. The smallest absolute Gasteiger partial charge is 0.291 e. The molecule has 6 nitrogen and oxygen atoms in total. The van der Waals surface area contributed by atoms with Crippen LogP contribution < -0.4 is 15.4 Å². The average Bonchev–Trinajstić information content (AvgIpc) is 3.21. The van der Waals surface area contributed by atoms with Gasteiger partial charge in [-0.1, -0.05) is 41.9 Å². The van der Waals surface area contributed by atoms with Crippen LogP contribution in [0.15, 0.2) is 77.2 Å². The van der Waals surface area contributed by atoms with Gasteiger partial charge < -0.3 is 19.8 Å². The van der Waals surface area contributed by atoms with Crippen molar-refractivity contribution in [2.45, 2.75) is 6.42 Å². The standard InChI is InChI=1S/C24H19ClN2O4/c1-30-21-14-18(26-23(28)12-15-6-8-17(25)9-7-15)10-11-19(21)27-24(29)22-13-16-4-2-3-5-20(16)31-22/h2-11,13-14H,12H2,1H3,(H,26,28)(H,27,29). The molecule has 0 aliphatic carbocycles. The molecule has 0 bridgehead atoms. The number of carbonyl (C=O) groups is 2. The van der Waals surface area contributed by atoms with Gasteiger partial charge in [0.2, 0.25) is 5.91 Å². The van der Waals surface area contributed by atoms with Crippen LogP contribution in [0.1, 0.15) is 16.1 Å². The molecule has 31 heavy (non-hydrogen) atoms. The summed E-state index contributed by atoms with van der Waals surface area (Å²) in [5.41, 5.74) is 2.50. The molecule has 0 atom stereocenters. The summed E-state index contributed by atoms with van der Waals surface area (Å²) in [6, 6.07) is 21.2. The molecule has 0 spiro atoms. The zero-order valence-corrected chi connectivity index (χ0v) is 17.4. The lowest BCUT2D eigenvalue weighted by Gasteiger charge is -2.12. The predicted octanol–water partition coefficient (Wildman–Crippen LogP) is 5.53. The third kappa shape index (κ3) is 4.87. The number of amides is 2. The second-order valence-electron chi connectivity index (χ2n) is 6.87. The van der Waals surface area contributed by atoms with Crippen LogP contribution in [0.4, 0.5) is 11.4 Å². The molecule has 156 valence electrons. The lowest BCUT2D eigenvalue weighted by molar-refractivity contribution is -0.115. The predicted molar refractivity (Wildman–Crippen MR) is 121 cm³/mol. The van der Waals surface area contributed by atoms with E-state index < -0.39 is 5.91 Å². The summed E-state index contributed by atoms with van der Waals surface area (Å²) in [6.45, 7) is 0. The van der Waals surface area contributed by atoms with E-state index in [1.807, 2.05) is 18.2 Å². The summed E-state index contributed by atoms with van der Waals surface area (Å²) in [5.74, 6) is 0.0369. The van der Waals surface area contributed by atoms with Gasteiger partial charge in [0.15, 0.2) is 5.76 Å². The molecular formula is C24H19ClN2O4. The van der Waals surface area contributed by atoms with Crippen molar-refractivity contribution in [1.82, 2.24) is 0 Å². The maximum Gasteiger partial charge on any atom is 0.291 e. The van der Waals surface area contributed by atoms with E-state index in [1.54, 1.807) is 54.6 Å². The number of anilines is 2. The number of methoxy groups -OCH3 is 1. The van der Waals surface area contributed by atoms with Gasteiger partial charge in [0.1, 0.15) is 11.3 Å². The highest BCUT2D eigenvalue weighted by molar-refractivity contribution is 6.30. The number of carbonyl (C=O) groups excluding carboxylic acids is 2. The fourth-order valence-electron chi connectivity index (χ4n) is 3.14. The Kier molecular flexibility index (Phi) is 5.91. The Bertz CT molecular complexity index is 1220. The van der Waals surface area contributed by atoms with Gasteiger partial charge in [-0.05, 0) is 42.0 Å². The van der Waals surface area contributed by atoms with Crippen molar-refractivity contribution in [3.8, 4) is 5.75 Å². The number of fused-ring (bicyclic) bond motifs is 1. The summed E-state index contributed by atoms with van der Waals surface area (Å²) in [5, 5.41) is 7.07. The van der Waals surface area contributed by atoms with Gasteiger partial charge in [-0.25, -0.2) is 0 Å². The van der Waals surface area contributed by atoms with Crippen LogP contribution in [0, 0.1) is 0 Å². The van der Waals surface area contributed by atoms with Crippen LogP contribution in [0.2, 0.25) is 5.02 Å². The molecule has 2 amide bonds. The van der Waals surface area contributed by atoms with E-state index >= 15 is 0 Å². The van der Waals surface area contributed by atoms with E-state index in [-0.39, 0.29) is 18.1 Å². The molecule has 0 saturated heterocycles. The van der Waals surface area contributed by atoms with Crippen molar-refractivity contribution in [3.63, 3.8) is 0 Å². The molecular weight excluding hydrogens is 416 g/mol.